The fraction of sp³-hybridized carbons (Fsp3) is 0.400. The first-order valence-corrected chi connectivity index (χ1v) is 7.30. The SMILES string of the molecule is O=C(NCc1cn2c(n1)CCCC2)c1ccc(C(F)(F)F)nc1. The van der Waals surface area contributed by atoms with E-state index < -0.39 is 17.8 Å². The van der Waals surface area contributed by atoms with Crippen molar-refractivity contribution >= 4 is 5.91 Å². The second-order valence-corrected chi connectivity index (χ2v) is 5.41. The van der Waals surface area contributed by atoms with Gasteiger partial charge in [0, 0.05) is 25.4 Å². The Morgan fingerprint density at radius 1 is 1.30 bits per heavy atom. The third-order valence-electron chi connectivity index (χ3n) is 3.70. The lowest BCUT2D eigenvalue weighted by Crippen LogP contribution is -2.23. The highest BCUT2D eigenvalue weighted by molar-refractivity contribution is 5.93. The zero-order valence-corrected chi connectivity index (χ0v) is 12.2. The summed E-state index contributed by atoms with van der Waals surface area (Å²) in [4.78, 5) is 19.7. The van der Waals surface area contributed by atoms with Crippen molar-refractivity contribution in [2.75, 3.05) is 0 Å². The molecule has 8 heteroatoms. The number of hydrogen-bond donors (Lipinski definition) is 1. The van der Waals surface area contributed by atoms with Crippen molar-refractivity contribution in [3.8, 4) is 0 Å². The number of rotatable bonds is 3. The molecule has 1 aliphatic rings. The van der Waals surface area contributed by atoms with Crippen LogP contribution in [-0.2, 0) is 25.7 Å². The van der Waals surface area contributed by atoms with Gasteiger partial charge in [-0.05, 0) is 25.0 Å². The van der Waals surface area contributed by atoms with E-state index in [0.717, 1.165) is 55.7 Å². The van der Waals surface area contributed by atoms with Gasteiger partial charge in [-0.3, -0.25) is 9.78 Å². The van der Waals surface area contributed by atoms with E-state index in [0.29, 0.717) is 0 Å². The van der Waals surface area contributed by atoms with Gasteiger partial charge < -0.3 is 9.88 Å². The van der Waals surface area contributed by atoms with Gasteiger partial charge in [-0.1, -0.05) is 0 Å². The van der Waals surface area contributed by atoms with E-state index in [9.17, 15) is 18.0 Å². The van der Waals surface area contributed by atoms with Gasteiger partial charge in [-0.15, -0.1) is 0 Å². The van der Waals surface area contributed by atoms with Crippen LogP contribution in [0, 0.1) is 0 Å². The van der Waals surface area contributed by atoms with E-state index in [-0.39, 0.29) is 12.1 Å². The summed E-state index contributed by atoms with van der Waals surface area (Å²) in [6.07, 6.45) is 1.48. The van der Waals surface area contributed by atoms with Gasteiger partial charge in [-0.25, -0.2) is 4.98 Å². The van der Waals surface area contributed by atoms with Crippen LogP contribution < -0.4 is 5.32 Å². The summed E-state index contributed by atoms with van der Waals surface area (Å²) in [5.41, 5.74) is -0.187. The van der Waals surface area contributed by atoms with Crippen LogP contribution in [0.25, 0.3) is 0 Å². The Balaban J connectivity index is 1.62. The van der Waals surface area contributed by atoms with Crippen LogP contribution in [0.5, 0.6) is 0 Å². The average Bonchev–Trinajstić information content (AvgIpc) is 2.95. The predicted octanol–water partition coefficient (Wildman–Crippen LogP) is 2.56. The Bertz CT molecular complexity index is 683. The molecular formula is C15H15F3N4O. The molecule has 0 fully saturated rings. The minimum absolute atomic E-state index is 0.0852. The average molecular weight is 324 g/mol. The molecule has 0 unspecified atom stereocenters. The van der Waals surface area contributed by atoms with Crippen molar-refractivity contribution in [3.05, 3.63) is 47.3 Å². The molecular weight excluding hydrogens is 309 g/mol. The Morgan fingerprint density at radius 2 is 2.13 bits per heavy atom. The third-order valence-corrected chi connectivity index (χ3v) is 3.70. The van der Waals surface area contributed by atoms with Crippen molar-refractivity contribution in [2.24, 2.45) is 0 Å². The molecule has 0 atom stereocenters. The summed E-state index contributed by atoms with van der Waals surface area (Å²) in [7, 11) is 0. The van der Waals surface area contributed by atoms with E-state index in [1.807, 2.05) is 6.20 Å². The molecule has 0 saturated carbocycles. The largest absolute Gasteiger partial charge is 0.433 e. The predicted molar refractivity (Wildman–Crippen MR) is 75.6 cm³/mol. The van der Waals surface area contributed by atoms with Gasteiger partial charge in [0.05, 0.1) is 17.8 Å². The van der Waals surface area contributed by atoms with Crippen molar-refractivity contribution < 1.29 is 18.0 Å². The molecule has 0 radical (unpaired) electrons. The summed E-state index contributed by atoms with van der Waals surface area (Å²) in [5, 5.41) is 2.65. The normalized spacial score (nSPS) is 14.4. The smallest absolute Gasteiger partial charge is 0.346 e. The number of pyridine rings is 1. The lowest BCUT2D eigenvalue weighted by molar-refractivity contribution is -0.141. The lowest BCUT2D eigenvalue weighted by Gasteiger charge is -2.11. The molecule has 23 heavy (non-hydrogen) atoms. The summed E-state index contributed by atoms with van der Waals surface area (Å²) in [6.45, 7) is 1.17. The minimum Gasteiger partial charge on any atom is -0.346 e. The maximum absolute atomic E-state index is 12.4. The highest BCUT2D eigenvalue weighted by atomic mass is 19.4. The number of amides is 1. The van der Waals surface area contributed by atoms with E-state index in [1.54, 1.807) is 0 Å². The monoisotopic (exact) mass is 324 g/mol. The zero-order valence-electron chi connectivity index (χ0n) is 12.2. The number of carbonyl (C=O) groups excluding carboxylic acids is 1. The Kier molecular flexibility index (Phi) is 4.06. The topological polar surface area (TPSA) is 59.8 Å². The van der Waals surface area contributed by atoms with E-state index in [1.165, 1.54) is 0 Å². The Morgan fingerprint density at radius 3 is 2.78 bits per heavy atom. The van der Waals surface area contributed by atoms with Crippen LogP contribution >= 0.6 is 0 Å². The third kappa shape index (κ3) is 3.52. The van der Waals surface area contributed by atoms with Gasteiger partial charge in [-0.2, -0.15) is 13.2 Å². The summed E-state index contributed by atoms with van der Waals surface area (Å²) < 4.78 is 39.4. The number of nitrogens with one attached hydrogen (secondary N) is 1. The highest BCUT2D eigenvalue weighted by Crippen LogP contribution is 2.27. The molecule has 1 amide bonds. The molecule has 3 rings (SSSR count). The highest BCUT2D eigenvalue weighted by Gasteiger charge is 2.32. The molecule has 0 saturated heterocycles. The number of aromatic nitrogens is 3. The van der Waals surface area contributed by atoms with Crippen LogP contribution in [0.4, 0.5) is 13.2 Å². The lowest BCUT2D eigenvalue weighted by atomic mass is 10.2. The standard InChI is InChI=1S/C15H15F3N4O/c16-15(17,18)12-5-4-10(7-19-12)14(23)20-8-11-9-22-6-2-1-3-13(22)21-11/h4-5,7,9H,1-3,6,8H2,(H,20,23). The number of aryl methyl sites for hydroxylation is 2. The molecule has 0 aromatic carbocycles. The second kappa shape index (κ2) is 6.02. The molecule has 0 aliphatic carbocycles. The number of fused-ring (bicyclic) bond motifs is 1. The van der Waals surface area contributed by atoms with Gasteiger partial charge in [0.2, 0.25) is 0 Å². The number of halogens is 3. The van der Waals surface area contributed by atoms with E-state index in [4.69, 9.17) is 0 Å². The Labute approximate surface area is 130 Å². The van der Waals surface area contributed by atoms with Crippen LogP contribution in [-0.4, -0.2) is 20.4 Å². The van der Waals surface area contributed by atoms with Crippen LogP contribution in [0.3, 0.4) is 0 Å². The van der Waals surface area contributed by atoms with Crippen molar-refractivity contribution in [2.45, 2.75) is 38.5 Å². The second-order valence-electron chi connectivity index (χ2n) is 5.41. The van der Waals surface area contributed by atoms with Crippen molar-refractivity contribution in [1.82, 2.24) is 19.9 Å². The fourth-order valence-corrected chi connectivity index (χ4v) is 2.53. The number of nitrogens with zero attached hydrogens (tertiary/aromatic N) is 3. The van der Waals surface area contributed by atoms with E-state index >= 15 is 0 Å². The molecule has 1 N–H and O–H groups in total. The first-order valence-electron chi connectivity index (χ1n) is 7.30. The van der Waals surface area contributed by atoms with Gasteiger partial charge >= 0.3 is 6.18 Å². The van der Waals surface area contributed by atoms with Crippen molar-refractivity contribution in [1.29, 1.82) is 0 Å². The number of imidazole rings is 1. The maximum atomic E-state index is 12.4. The minimum atomic E-state index is -4.51. The fourth-order valence-electron chi connectivity index (χ4n) is 2.53. The summed E-state index contributed by atoms with van der Waals surface area (Å²) >= 11 is 0. The quantitative estimate of drug-likeness (QED) is 0.944. The van der Waals surface area contributed by atoms with Gasteiger partial charge in [0.15, 0.2) is 0 Å². The molecule has 2 aromatic rings. The Hall–Kier alpha value is -2.38. The van der Waals surface area contributed by atoms with Crippen LogP contribution in [0.15, 0.2) is 24.5 Å². The maximum Gasteiger partial charge on any atom is 0.433 e. The summed E-state index contributed by atoms with van der Waals surface area (Å²) in [5.74, 6) is 0.536. The first kappa shape index (κ1) is 15.5. The molecule has 2 aromatic heterocycles. The van der Waals surface area contributed by atoms with Crippen LogP contribution in [0.1, 0.15) is 40.4 Å². The zero-order chi connectivity index (χ0) is 16.4. The van der Waals surface area contributed by atoms with E-state index in [2.05, 4.69) is 19.9 Å². The van der Waals surface area contributed by atoms with Crippen molar-refractivity contribution in [3.63, 3.8) is 0 Å². The first-order chi connectivity index (χ1) is 10.9. The number of carbonyl (C=O) groups is 1. The molecule has 3 heterocycles. The molecule has 1 aliphatic heterocycles. The number of alkyl halides is 3. The molecule has 122 valence electrons. The summed E-state index contributed by atoms with van der Waals surface area (Å²) in [6, 6.07) is 1.91. The van der Waals surface area contributed by atoms with Gasteiger partial charge in [0.1, 0.15) is 11.5 Å². The number of hydrogen-bond acceptors (Lipinski definition) is 3. The van der Waals surface area contributed by atoms with Gasteiger partial charge in [0.25, 0.3) is 5.91 Å². The van der Waals surface area contributed by atoms with Crippen LogP contribution in [0.2, 0.25) is 0 Å². The molecule has 0 bridgehead atoms. The molecule has 0 spiro atoms. The molecule has 5 nitrogen and oxygen atoms in total.